The summed E-state index contributed by atoms with van der Waals surface area (Å²) in [6, 6.07) is 23.8. The Labute approximate surface area is 199 Å². The third-order valence-electron chi connectivity index (χ3n) is 6.67. The highest BCUT2D eigenvalue weighted by Gasteiger charge is 2.21. The highest BCUT2D eigenvalue weighted by Crippen LogP contribution is 2.38. The van der Waals surface area contributed by atoms with Crippen molar-refractivity contribution in [3.05, 3.63) is 60.7 Å². The molecule has 0 bridgehead atoms. The Kier molecular flexibility index (Phi) is 4.36. The number of hydrogen-bond acceptors (Lipinski definition) is 2. The topological polar surface area (TPSA) is 0 Å². The lowest BCUT2D eigenvalue weighted by atomic mass is 9.95. The minimum atomic E-state index is -1.31. The molecule has 32 heavy (non-hydrogen) atoms. The molecule has 160 valence electrons. The Bertz CT molecular complexity index is 1560. The van der Waals surface area contributed by atoms with Gasteiger partial charge in [-0.25, -0.2) is 0 Å². The molecule has 0 saturated heterocycles. The maximum atomic E-state index is 2.48. The minimum Gasteiger partial charge on any atom is -0.145 e. The maximum Gasteiger partial charge on any atom is 0.0904 e. The zero-order chi connectivity index (χ0) is 22.4. The van der Waals surface area contributed by atoms with Crippen LogP contribution < -0.4 is 9.00 Å². The normalized spacial score (nSPS) is 13.3. The van der Waals surface area contributed by atoms with E-state index in [0.29, 0.717) is 0 Å². The maximum absolute atomic E-state index is 2.48. The van der Waals surface area contributed by atoms with Gasteiger partial charge in [0.2, 0.25) is 0 Å². The first kappa shape index (κ1) is 20.6. The van der Waals surface area contributed by atoms with Gasteiger partial charge in [-0.05, 0) is 65.6 Å². The van der Waals surface area contributed by atoms with Crippen molar-refractivity contribution in [1.82, 2.24) is 0 Å². The standard InChI is InChI=1S/C28H28S2Si2/c1-31(2,3)27-15-23-21-9-7-18-17(19(21)11-13-25(23)29-27)8-10-22-20(18)12-14-26-24(22)16-28(30-26)32(4,5)6/h7-16H,1-6H3. The summed E-state index contributed by atoms with van der Waals surface area (Å²) in [4.78, 5) is 0. The molecule has 0 aliphatic rings. The second-order valence-corrected chi connectivity index (χ2v) is 24.1. The van der Waals surface area contributed by atoms with Crippen LogP contribution >= 0.6 is 22.7 Å². The van der Waals surface area contributed by atoms with Crippen molar-refractivity contribution in [1.29, 1.82) is 0 Å². The molecular weight excluding hydrogens is 457 g/mol. The molecule has 2 heterocycles. The van der Waals surface area contributed by atoms with E-state index in [0.717, 1.165) is 0 Å². The summed E-state index contributed by atoms with van der Waals surface area (Å²) in [7, 11) is -2.62. The second kappa shape index (κ2) is 6.77. The average molecular weight is 485 g/mol. The van der Waals surface area contributed by atoms with E-state index in [2.05, 4.69) is 99.9 Å². The van der Waals surface area contributed by atoms with Crippen LogP contribution in [0.15, 0.2) is 60.7 Å². The third-order valence-corrected chi connectivity index (χ3v) is 16.0. The highest BCUT2D eigenvalue weighted by atomic mass is 32.1. The number of benzene rings is 4. The SMILES string of the molecule is C[Si](C)(C)c1cc2c(ccc3c2ccc2c4ccc5sc([Si](C)(C)C)cc5c4ccc32)s1. The van der Waals surface area contributed by atoms with E-state index in [9.17, 15) is 0 Å². The summed E-state index contributed by atoms with van der Waals surface area (Å²) >= 11 is 4.00. The molecule has 0 unspecified atom stereocenters. The molecule has 0 amide bonds. The van der Waals surface area contributed by atoms with Gasteiger partial charge in [-0.3, -0.25) is 0 Å². The van der Waals surface area contributed by atoms with Crippen molar-refractivity contribution in [2.45, 2.75) is 39.3 Å². The largest absolute Gasteiger partial charge is 0.145 e. The number of fused-ring (bicyclic) bond motifs is 9. The predicted molar refractivity (Wildman–Crippen MR) is 156 cm³/mol. The quantitative estimate of drug-likeness (QED) is 0.170. The van der Waals surface area contributed by atoms with Crippen molar-refractivity contribution in [2.24, 2.45) is 0 Å². The van der Waals surface area contributed by atoms with Crippen molar-refractivity contribution in [3.63, 3.8) is 0 Å². The van der Waals surface area contributed by atoms with Crippen LogP contribution in [0.25, 0.3) is 52.5 Å². The fourth-order valence-corrected chi connectivity index (χ4v) is 10.7. The lowest BCUT2D eigenvalue weighted by Gasteiger charge is -2.12. The number of thiophene rings is 2. The van der Waals surface area contributed by atoms with Gasteiger partial charge in [0.05, 0.1) is 16.1 Å². The Hall–Kier alpha value is -1.99. The molecule has 6 aromatic rings. The molecule has 0 fully saturated rings. The molecular formula is C28H28S2Si2. The van der Waals surface area contributed by atoms with E-state index >= 15 is 0 Å². The van der Waals surface area contributed by atoms with Crippen LogP contribution in [0.2, 0.25) is 39.3 Å². The second-order valence-electron chi connectivity index (χ2n) is 11.1. The van der Waals surface area contributed by atoms with Gasteiger partial charge >= 0.3 is 0 Å². The van der Waals surface area contributed by atoms with Gasteiger partial charge in [-0.2, -0.15) is 0 Å². The summed E-state index contributed by atoms with van der Waals surface area (Å²) in [5.41, 5.74) is 0. The molecule has 0 radical (unpaired) electrons. The van der Waals surface area contributed by atoms with Gasteiger partial charge in [0.25, 0.3) is 0 Å². The van der Waals surface area contributed by atoms with Gasteiger partial charge in [0.1, 0.15) is 0 Å². The summed E-state index contributed by atoms with van der Waals surface area (Å²) in [6.07, 6.45) is 0. The molecule has 0 saturated carbocycles. The van der Waals surface area contributed by atoms with Gasteiger partial charge in [0.15, 0.2) is 0 Å². The fourth-order valence-electron chi connectivity index (χ4n) is 4.82. The molecule has 4 heteroatoms. The van der Waals surface area contributed by atoms with Crippen LogP contribution in [0.1, 0.15) is 0 Å². The van der Waals surface area contributed by atoms with Crippen LogP contribution in [0.5, 0.6) is 0 Å². The smallest absolute Gasteiger partial charge is 0.0904 e. The Morgan fingerprint density at radius 2 is 0.688 bits per heavy atom. The van der Waals surface area contributed by atoms with E-state index in [1.807, 2.05) is 22.7 Å². The van der Waals surface area contributed by atoms with Crippen LogP contribution in [-0.2, 0) is 0 Å². The van der Waals surface area contributed by atoms with Crippen molar-refractivity contribution < 1.29 is 0 Å². The minimum absolute atomic E-state index is 1.31. The number of rotatable bonds is 2. The average Bonchev–Trinajstić information content (AvgIpc) is 3.37. The first-order chi connectivity index (χ1) is 15.1. The summed E-state index contributed by atoms with van der Waals surface area (Å²) in [5.74, 6) is 0. The van der Waals surface area contributed by atoms with E-state index in [1.54, 1.807) is 9.00 Å². The third kappa shape index (κ3) is 3.04. The summed E-state index contributed by atoms with van der Waals surface area (Å²) < 4.78 is 6.04. The summed E-state index contributed by atoms with van der Waals surface area (Å²) in [5, 5.41) is 11.2. The lowest BCUT2D eigenvalue weighted by Crippen LogP contribution is -2.34. The van der Waals surface area contributed by atoms with Gasteiger partial charge in [-0.1, -0.05) is 75.7 Å². The van der Waals surface area contributed by atoms with Crippen molar-refractivity contribution in [2.75, 3.05) is 0 Å². The van der Waals surface area contributed by atoms with E-state index in [4.69, 9.17) is 0 Å². The predicted octanol–water partition coefficient (Wildman–Crippen LogP) is 8.67. The molecule has 4 aromatic carbocycles. The zero-order valence-corrected chi connectivity index (χ0v) is 23.2. The van der Waals surface area contributed by atoms with Crippen molar-refractivity contribution in [3.8, 4) is 0 Å². The van der Waals surface area contributed by atoms with E-state index in [-0.39, 0.29) is 0 Å². The monoisotopic (exact) mass is 484 g/mol. The Balaban J connectivity index is 1.66. The van der Waals surface area contributed by atoms with Crippen LogP contribution in [0.4, 0.5) is 0 Å². The summed E-state index contributed by atoms with van der Waals surface area (Å²) in [6.45, 7) is 14.7. The molecule has 0 aliphatic carbocycles. The zero-order valence-electron chi connectivity index (χ0n) is 19.6. The lowest BCUT2D eigenvalue weighted by molar-refractivity contribution is 1.79. The number of hydrogen-bond donors (Lipinski definition) is 0. The van der Waals surface area contributed by atoms with Crippen molar-refractivity contribution >= 4 is 100 Å². The first-order valence-electron chi connectivity index (χ1n) is 11.4. The highest BCUT2D eigenvalue weighted by molar-refractivity contribution is 7.32. The molecule has 0 atom stereocenters. The molecule has 0 nitrogen and oxygen atoms in total. The van der Waals surface area contributed by atoms with E-state index in [1.165, 1.54) is 52.5 Å². The van der Waals surface area contributed by atoms with Crippen LogP contribution in [0.3, 0.4) is 0 Å². The van der Waals surface area contributed by atoms with Gasteiger partial charge in [0, 0.05) is 20.2 Å². The van der Waals surface area contributed by atoms with Gasteiger partial charge in [-0.15, -0.1) is 22.7 Å². The van der Waals surface area contributed by atoms with Crippen LogP contribution in [0, 0.1) is 0 Å². The molecule has 0 spiro atoms. The molecule has 0 aliphatic heterocycles. The molecule has 2 aromatic heterocycles. The first-order valence-corrected chi connectivity index (χ1v) is 20.0. The Morgan fingerprint density at radius 1 is 0.406 bits per heavy atom. The molecule has 6 rings (SSSR count). The Morgan fingerprint density at radius 3 is 1.00 bits per heavy atom. The van der Waals surface area contributed by atoms with Gasteiger partial charge < -0.3 is 0 Å². The van der Waals surface area contributed by atoms with Crippen LogP contribution in [-0.4, -0.2) is 16.1 Å². The van der Waals surface area contributed by atoms with E-state index < -0.39 is 16.1 Å². The fraction of sp³-hybridized carbons (Fsp3) is 0.214. The molecule has 0 N–H and O–H groups in total.